The maximum atomic E-state index is 12.9. The molecule has 0 radical (unpaired) electrons. The number of aliphatic hydroxyl groups is 1. The van der Waals surface area contributed by atoms with E-state index in [1.165, 1.54) is 0 Å². The monoisotopic (exact) mass is 344 g/mol. The van der Waals surface area contributed by atoms with Gasteiger partial charge in [-0.1, -0.05) is 32.9 Å². The van der Waals surface area contributed by atoms with Gasteiger partial charge in [-0.3, -0.25) is 4.79 Å². The fourth-order valence-corrected chi connectivity index (χ4v) is 3.40. The SMILES string of the molecule is CC1CCC(C(=O)Nc2ccc(CC#N)cc2)(C(C)C)CC1.CCO. The van der Waals surface area contributed by atoms with Gasteiger partial charge in [0, 0.05) is 12.3 Å². The van der Waals surface area contributed by atoms with Crippen LogP contribution in [0, 0.1) is 28.6 Å². The molecule has 1 amide bonds. The quantitative estimate of drug-likeness (QED) is 0.842. The zero-order valence-electron chi connectivity index (χ0n) is 16.0. The molecule has 0 atom stereocenters. The molecule has 0 saturated heterocycles. The summed E-state index contributed by atoms with van der Waals surface area (Å²) in [6.07, 6.45) is 4.62. The minimum Gasteiger partial charge on any atom is -0.397 e. The van der Waals surface area contributed by atoms with Crippen LogP contribution >= 0.6 is 0 Å². The Bertz CT molecular complexity index is 565. The van der Waals surface area contributed by atoms with Crippen LogP contribution in [0.1, 0.15) is 58.9 Å². The van der Waals surface area contributed by atoms with Crippen molar-refractivity contribution in [3.63, 3.8) is 0 Å². The van der Waals surface area contributed by atoms with E-state index in [0.717, 1.165) is 42.9 Å². The Morgan fingerprint density at radius 3 is 2.28 bits per heavy atom. The van der Waals surface area contributed by atoms with Crippen molar-refractivity contribution < 1.29 is 9.90 Å². The van der Waals surface area contributed by atoms with Gasteiger partial charge in [0.25, 0.3) is 0 Å². The zero-order valence-corrected chi connectivity index (χ0v) is 16.0. The third kappa shape index (κ3) is 5.86. The van der Waals surface area contributed by atoms with Crippen LogP contribution in [0.2, 0.25) is 0 Å². The second kappa shape index (κ2) is 10.2. The third-order valence-electron chi connectivity index (χ3n) is 5.22. The standard InChI is InChI=1S/C19H26N2O.C2H6O/c1-14(2)19(11-8-15(3)9-12-19)18(22)21-17-6-4-16(5-7-17)10-13-20;1-2-3/h4-7,14-15H,8-12H2,1-3H3,(H,21,22);3H,2H2,1H3. The Kier molecular flexibility index (Phi) is 8.65. The summed E-state index contributed by atoms with van der Waals surface area (Å²) in [5.41, 5.74) is 1.56. The van der Waals surface area contributed by atoms with Crippen molar-refractivity contribution in [3.8, 4) is 6.07 Å². The smallest absolute Gasteiger partial charge is 0.230 e. The second-order valence-electron chi connectivity index (χ2n) is 7.30. The summed E-state index contributed by atoms with van der Waals surface area (Å²) in [7, 11) is 0. The molecule has 0 bridgehead atoms. The number of carbonyl (C=O) groups is 1. The lowest BCUT2D eigenvalue weighted by Crippen LogP contribution is -2.43. The van der Waals surface area contributed by atoms with Gasteiger partial charge in [-0.25, -0.2) is 0 Å². The zero-order chi connectivity index (χ0) is 18.9. The second-order valence-corrected chi connectivity index (χ2v) is 7.30. The molecular formula is C21H32N2O2. The molecular weight excluding hydrogens is 312 g/mol. The fraction of sp³-hybridized carbons (Fsp3) is 0.619. The third-order valence-corrected chi connectivity index (χ3v) is 5.22. The summed E-state index contributed by atoms with van der Waals surface area (Å²) >= 11 is 0. The molecule has 0 spiro atoms. The number of carbonyl (C=O) groups excluding carboxylic acids is 1. The number of hydrogen-bond acceptors (Lipinski definition) is 3. The van der Waals surface area contributed by atoms with E-state index in [1.54, 1.807) is 6.92 Å². The van der Waals surface area contributed by atoms with Crippen LogP contribution in [-0.4, -0.2) is 17.6 Å². The van der Waals surface area contributed by atoms with Gasteiger partial charge in [0.15, 0.2) is 0 Å². The van der Waals surface area contributed by atoms with Gasteiger partial charge in [-0.2, -0.15) is 5.26 Å². The minimum atomic E-state index is -0.238. The van der Waals surface area contributed by atoms with Crippen LogP contribution in [0.25, 0.3) is 0 Å². The van der Waals surface area contributed by atoms with Gasteiger partial charge in [-0.15, -0.1) is 0 Å². The van der Waals surface area contributed by atoms with Gasteiger partial charge >= 0.3 is 0 Å². The van der Waals surface area contributed by atoms with E-state index in [4.69, 9.17) is 10.4 Å². The first-order valence-electron chi connectivity index (χ1n) is 9.27. The molecule has 0 aliphatic heterocycles. The highest BCUT2D eigenvalue weighted by Gasteiger charge is 2.43. The lowest BCUT2D eigenvalue weighted by molar-refractivity contribution is -0.130. The van der Waals surface area contributed by atoms with Crippen LogP contribution in [0.5, 0.6) is 0 Å². The summed E-state index contributed by atoms with van der Waals surface area (Å²) < 4.78 is 0. The van der Waals surface area contributed by atoms with Gasteiger partial charge in [-0.05, 0) is 62.1 Å². The van der Waals surface area contributed by atoms with E-state index >= 15 is 0 Å². The molecule has 138 valence electrons. The van der Waals surface area contributed by atoms with E-state index in [0.29, 0.717) is 12.3 Å². The molecule has 1 aromatic rings. The van der Waals surface area contributed by atoms with Crippen LogP contribution in [0.3, 0.4) is 0 Å². The fourth-order valence-electron chi connectivity index (χ4n) is 3.40. The van der Waals surface area contributed by atoms with Crippen molar-refractivity contribution in [3.05, 3.63) is 29.8 Å². The lowest BCUT2D eigenvalue weighted by Gasteiger charge is -2.41. The highest BCUT2D eigenvalue weighted by molar-refractivity contribution is 5.95. The average Bonchev–Trinajstić information content (AvgIpc) is 2.58. The normalized spacial score (nSPS) is 22.5. The van der Waals surface area contributed by atoms with Gasteiger partial charge in [0.1, 0.15) is 0 Å². The first kappa shape index (κ1) is 21.2. The summed E-state index contributed by atoms with van der Waals surface area (Å²) in [4.78, 5) is 12.9. The number of rotatable bonds is 4. The molecule has 0 unspecified atom stereocenters. The van der Waals surface area contributed by atoms with Crippen molar-refractivity contribution in [2.24, 2.45) is 17.3 Å². The number of nitrogens with zero attached hydrogens (tertiary/aromatic N) is 1. The lowest BCUT2D eigenvalue weighted by atomic mass is 9.64. The Balaban J connectivity index is 0.000000970. The van der Waals surface area contributed by atoms with E-state index < -0.39 is 0 Å². The van der Waals surface area contributed by atoms with Crippen molar-refractivity contribution >= 4 is 11.6 Å². The Hall–Kier alpha value is -1.86. The molecule has 1 fully saturated rings. The minimum absolute atomic E-state index is 0.155. The highest BCUT2D eigenvalue weighted by Crippen LogP contribution is 2.45. The maximum Gasteiger partial charge on any atom is 0.230 e. The number of benzene rings is 1. The van der Waals surface area contributed by atoms with Crippen molar-refractivity contribution in [1.29, 1.82) is 5.26 Å². The number of nitrogens with one attached hydrogen (secondary N) is 1. The molecule has 0 aromatic heterocycles. The van der Waals surface area contributed by atoms with Crippen LogP contribution in [-0.2, 0) is 11.2 Å². The molecule has 4 nitrogen and oxygen atoms in total. The van der Waals surface area contributed by atoms with E-state index in [9.17, 15) is 4.79 Å². The summed E-state index contributed by atoms with van der Waals surface area (Å²) in [6.45, 7) is 8.52. The molecule has 2 rings (SSSR count). The van der Waals surface area contributed by atoms with Crippen LogP contribution in [0.4, 0.5) is 5.69 Å². The summed E-state index contributed by atoms with van der Waals surface area (Å²) in [5.74, 6) is 1.23. The molecule has 1 aliphatic carbocycles. The van der Waals surface area contributed by atoms with Gasteiger partial charge in [0.05, 0.1) is 17.9 Å². The van der Waals surface area contributed by atoms with Crippen LogP contribution < -0.4 is 5.32 Å². The number of anilines is 1. The van der Waals surface area contributed by atoms with Crippen molar-refractivity contribution in [1.82, 2.24) is 0 Å². The predicted molar refractivity (Wildman–Crippen MR) is 102 cm³/mol. The highest BCUT2D eigenvalue weighted by atomic mass is 16.2. The van der Waals surface area contributed by atoms with E-state index in [-0.39, 0.29) is 17.9 Å². The van der Waals surface area contributed by atoms with E-state index in [1.807, 2.05) is 24.3 Å². The molecule has 4 heteroatoms. The maximum absolute atomic E-state index is 12.9. The van der Waals surface area contributed by atoms with Crippen molar-refractivity contribution in [2.75, 3.05) is 11.9 Å². The summed E-state index contributed by atoms with van der Waals surface area (Å²) in [6, 6.07) is 9.73. The molecule has 1 aliphatic rings. The Morgan fingerprint density at radius 1 is 1.32 bits per heavy atom. The first-order chi connectivity index (χ1) is 11.9. The van der Waals surface area contributed by atoms with Crippen molar-refractivity contribution in [2.45, 2.75) is 59.8 Å². The molecule has 1 aromatic carbocycles. The van der Waals surface area contributed by atoms with Gasteiger partial charge < -0.3 is 10.4 Å². The predicted octanol–water partition coefficient (Wildman–Crippen LogP) is 4.54. The number of nitriles is 1. The number of hydrogen-bond donors (Lipinski definition) is 2. The molecule has 25 heavy (non-hydrogen) atoms. The largest absolute Gasteiger partial charge is 0.397 e. The molecule has 1 saturated carbocycles. The first-order valence-corrected chi connectivity index (χ1v) is 9.27. The number of amides is 1. The van der Waals surface area contributed by atoms with E-state index in [2.05, 4.69) is 32.2 Å². The average molecular weight is 344 g/mol. The van der Waals surface area contributed by atoms with Crippen LogP contribution in [0.15, 0.2) is 24.3 Å². The summed E-state index contributed by atoms with van der Waals surface area (Å²) in [5, 5.41) is 19.4. The Labute approximate surface area is 152 Å². The molecule has 2 N–H and O–H groups in total. The number of aliphatic hydroxyl groups excluding tert-OH is 1. The topological polar surface area (TPSA) is 73.1 Å². The molecule has 0 heterocycles. The van der Waals surface area contributed by atoms with Gasteiger partial charge in [0.2, 0.25) is 5.91 Å². The Morgan fingerprint density at radius 2 is 1.84 bits per heavy atom.